The van der Waals surface area contributed by atoms with Crippen LogP contribution in [-0.2, 0) is 6.61 Å². The maximum Gasteiger partial charge on any atom is 0.335 e. The Balaban J connectivity index is 1.67. The van der Waals surface area contributed by atoms with Crippen LogP contribution in [0.4, 0.5) is 5.69 Å². The predicted octanol–water partition coefficient (Wildman–Crippen LogP) is 4.54. The third-order valence-electron chi connectivity index (χ3n) is 5.35. The van der Waals surface area contributed by atoms with E-state index in [2.05, 4.69) is 26.0 Å². The Labute approximate surface area is 217 Å². The molecule has 0 aliphatic carbocycles. The number of halogens is 1. The lowest BCUT2D eigenvalue weighted by Gasteiger charge is -2.12. The first-order valence-corrected chi connectivity index (χ1v) is 11.5. The molecule has 0 aliphatic rings. The summed E-state index contributed by atoms with van der Waals surface area (Å²) in [4.78, 5) is 39.6. The SMILES string of the molecule is COc1cc(C=Nn2c(C)nc3ccc(Br)cc3c2=O)cc([N+](=O)[O-])c1OCc1ccc(C(=O)O)cc1. The lowest BCUT2D eigenvalue weighted by Crippen LogP contribution is -2.20. The third kappa shape index (κ3) is 5.48. The van der Waals surface area contributed by atoms with Crippen molar-refractivity contribution in [2.45, 2.75) is 13.5 Å². The Kier molecular flexibility index (Phi) is 7.30. The second kappa shape index (κ2) is 10.6. The van der Waals surface area contributed by atoms with Gasteiger partial charge < -0.3 is 14.6 Å². The lowest BCUT2D eigenvalue weighted by atomic mass is 10.1. The summed E-state index contributed by atoms with van der Waals surface area (Å²) < 4.78 is 12.8. The highest BCUT2D eigenvalue weighted by Crippen LogP contribution is 2.38. The van der Waals surface area contributed by atoms with Crippen LogP contribution in [0.2, 0.25) is 0 Å². The Morgan fingerprint density at radius 2 is 1.95 bits per heavy atom. The van der Waals surface area contributed by atoms with Gasteiger partial charge in [-0.1, -0.05) is 28.1 Å². The second-order valence-corrected chi connectivity index (χ2v) is 8.72. The van der Waals surface area contributed by atoms with Gasteiger partial charge in [0.15, 0.2) is 5.75 Å². The van der Waals surface area contributed by atoms with E-state index < -0.39 is 16.5 Å². The maximum absolute atomic E-state index is 13.0. The molecule has 1 N–H and O–H groups in total. The molecular formula is C25H19BrN4O7. The Hall–Kier alpha value is -4.58. The summed E-state index contributed by atoms with van der Waals surface area (Å²) in [5.41, 5.74) is 0.774. The van der Waals surface area contributed by atoms with E-state index in [1.807, 2.05) is 0 Å². The fourth-order valence-corrected chi connectivity index (χ4v) is 3.90. The highest BCUT2D eigenvalue weighted by molar-refractivity contribution is 9.10. The number of nitro groups is 1. The Morgan fingerprint density at radius 1 is 1.22 bits per heavy atom. The van der Waals surface area contributed by atoms with Crippen molar-refractivity contribution >= 4 is 44.7 Å². The summed E-state index contributed by atoms with van der Waals surface area (Å²) >= 11 is 3.34. The van der Waals surface area contributed by atoms with Gasteiger partial charge in [0.25, 0.3) is 5.56 Å². The number of aromatic nitrogens is 2. The number of methoxy groups -OCH3 is 1. The number of carbonyl (C=O) groups is 1. The summed E-state index contributed by atoms with van der Waals surface area (Å²) in [6.45, 7) is 1.57. The van der Waals surface area contributed by atoms with Gasteiger partial charge in [0, 0.05) is 16.1 Å². The molecule has 0 spiro atoms. The summed E-state index contributed by atoms with van der Waals surface area (Å²) in [6.07, 6.45) is 1.30. The summed E-state index contributed by atoms with van der Waals surface area (Å²) in [6, 6.07) is 13.8. The average Bonchev–Trinajstić information content (AvgIpc) is 2.87. The molecule has 4 rings (SSSR count). The van der Waals surface area contributed by atoms with E-state index in [1.54, 1.807) is 37.3 Å². The fourth-order valence-electron chi connectivity index (χ4n) is 3.53. The summed E-state index contributed by atoms with van der Waals surface area (Å²) in [5, 5.41) is 25.4. The number of carboxylic acid groups (broad SMARTS) is 1. The largest absolute Gasteiger partial charge is 0.493 e. The molecule has 1 aromatic heterocycles. The molecule has 0 saturated heterocycles. The van der Waals surface area contributed by atoms with Crippen molar-refractivity contribution < 1.29 is 24.3 Å². The number of nitrogens with zero attached hydrogens (tertiary/aromatic N) is 4. The number of nitro benzene ring substituents is 1. The molecule has 188 valence electrons. The zero-order valence-corrected chi connectivity index (χ0v) is 21.1. The first-order chi connectivity index (χ1) is 17.7. The molecule has 11 nitrogen and oxygen atoms in total. The second-order valence-electron chi connectivity index (χ2n) is 7.80. The van der Waals surface area contributed by atoms with Crippen molar-refractivity contribution in [2.24, 2.45) is 5.10 Å². The van der Waals surface area contributed by atoms with Gasteiger partial charge in [0.2, 0.25) is 5.75 Å². The van der Waals surface area contributed by atoms with E-state index in [4.69, 9.17) is 14.6 Å². The molecule has 4 aromatic rings. The molecule has 37 heavy (non-hydrogen) atoms. The van der Waals surface area contributed by atoms with Crippen LogP contribution in [0.25, 0.3) is 10.9 Å². The van der Waals surface area contributed by atoms with Gasteiger partial charge in [0.05, 0.1) is 34.7 Å². The molecule has 0 radical (unpaired) electrons. The minimum Gasteiger partial charge on any atom is -0.493 e. The number of benzene rings is 3. The number of hydrogen-bond acceptors (Lipinski definition) is 8. The molecule has 0 unspecified atom stereocenters. The normalized spacial score (nSPS) is 11.1. The van der Waals surface area contributed by atoms with Gasteiger partial charge in [-0.25, -0.2) is 9.78 Å². The number of aromatic carboxylic acids is 1. The number of ether oxygens (including phenoxy) is 2. The number of rotatable bonds is 8. The van der Waals surface area contributed by atoms with Crippen LogP contribution in [0.3, 0.4) is 0 Å². The molecule has 0 bridgehead atoms. The van der Waals surface area contributed by atoms with E-state index in [9.17, 15) is 19.7 Å². The molecule has 0 aliphatic heterocycles. The first-order valence-electron chi connectivity index (χ1n) is 10.7. The molecule has 1 heterocycles. The van der Waals surface area contributed by atoms with Gasteiger partial charge in [0.1, 0.15) is 12.4 Å². The first kappa shape index (κ1) is 25.5. The van der Waals surface area contributed by atoms with Crippen molar-refractivity contribution in [3.05, 3.63) is 102 Å². The molecule has 0 fully saturated rings. The minimum atomic E-state index is -1.06. The van der Waals surface area contributed by atoms with Gasteiger partial charge in [-0.15, -0.1) is 0 Å². The highest BCUT2D eigenvalue weighted by Gasteiger charge is 2.22. The van der Waals surface area contributed by atoms with Crippen molar-refractivity contribution in [1.29, 1.82) is 0 Å². The van der Waals surface area contributed by atoms with E-state index in [-0.39, 0.29) is 29.4 Å². The third-order valence-corrected chi connectivity index (χ3v) is 5.84. The molecular weight excluding hydrogens is 548 g/mol. The molecule has 0 amide bonds. The summed E-state index contributed by atoms with van der Waals surface area (Å²) in [7, 11) is 1.34. The van der Waals surface area contributed by atoms with Gasteiger partial charge in [-0.2, -0.15) is 9.78 Å². The zero-order chi connectivity index (χ0) is 26.7. The van der Waals surface area contributed by atoms with Crippen LogP contribution in [0.5, 0.6) is 11.5 Å². The van der Waals surface area contributed by atoms with Crippen molar-refractivity contribution in [3.63, 3.8) is 0 Å². The maximum atomic E-state index is 13.0. The van der Waals surface area contributed by atoms with Crippen LogP contribution >= 0.6 is 15.9 Å². The van der Waals surface area contributed by atoms with Crippen molar-refractivity contribution in [2.75, 3.05) is 7.11 Å². The number of aryl methyl sites for hydroxylation is 1. The number of hydrogen-bond donors (Lipinski definition) is 1. The quantitative estimate of drug-likeness (QED) is 0.186. The van der Waals surface area contributed by atoms with Crippen molar-refractivity contribution in [1.82, 2.24) is 9.66 Å². The smallest absolute Gasteiger partial charge is 0.335 e. The van der Waals surface area contributed by atoms with Crippen LogP contribution < -0.4 is 15.0 Å². The number of carboxylic acids is 1. The topological polar surface area (TPSA) is 146 Å². The average molecular weight is 567 g/mol. The fraction of sp³-hybridized carbons (Fsp3) is 0.120. The minimum absolute atomic E-state index is 0.0581. The number of fused-ring (bicyclic) bond motifs is 1. The van der Waals surface area contributed by atoms with Crippen LogP contribution in [-0.4, -0.2) is 39.0 Å². The standard InChI is InChI=1S/C25H19BrN4O7/c1-14-28-20-8-7-18(26)11-19(20)24(31)29(14)27-12-16-9-21(30(34)35)23(22(10-16)36-2)37-13-15-3-5-17(6-4-15)25(32)33/h3-12H,13H2,1-2H3,(H,32,33). The lowest BCUT2D eigenvalue weighted by molar-refractivity contribution is -0.386. The zero-order valence-electron chi connectivity index (χ0n) is 19.5. The van der Waals surface area contributed by atoms with Crippen LogP contribution in [0.15, 0.2) is 69.0 Å². The molecule has 0 saturated carbocycles. The van der Waals surface area contributed by atoms with Gasteiger partial charge in [-0.05, 0) is 48.9 Å². The van der Waals surface area contributed by atoms with E-state index in [0.717, 1.165) is 4.68 Å². The van der Waals surface area contributed by atoms with Gasteiger partial charge >= 0.3 is 11.7 Å². The van der Waals surface area contributed by atoms with Gasteiger partial charge in [-0.3, -0.25) is 14.9 Å². The highest BCUT2D eigenvalue weighted by atomic mass is 79.9. The summed E-state index contributed by atoms with van der Waals surface area (Å²) in [5.74, 6) is -0.738. The monoisotopic (exact) mass is 566 g/mol. The van der Waals surface area contributed by atoms with Crippen LogP contribution in [0, 0.1) is 17.0 Å². The van der Waals surface area contributed by atoms with E-state index in [0.29, 0.717) is 32.3 Å². The Morgan fingerprint density at radius 3 is 2.59 bits per heavy atom. The van der Waals surface area contributed by atoms with E-state index in [1.165, 1.54) is 37.6 Å². The van der Waals surface area contributed by atoms with Crippen molar-refractivity contribution in [3.8, 4) is 11.5 Å². The molecule has 12 heteroatoms. The Bertz CT molecular complexity index is 1610. The molecule has 3 aromatic carbocycles. The van der Waals surface area contributed by atoms with Crippen LogP contribution in [0.1, 0.15) is 27.3 Å². The van der Waals surface area contributed by atoms with E-state index >= 15 is 0 Å². The molecule has 0 atom stereocenters. The predicted molar refractivity (Wildman–Crippen MR) is 139 cm³/mol.